The van der Waals surface area contributed by atoms with E-state index in [2.05, 4.69) is 30.9 Å². The van der Waals surface area contributed by atoms with Crippen LogP contribution < -0.4 is 14.8 Å². The van der Waals surface area contributed by atoms with E-state index >= 15 is 0 Å². The van der Waals surface area contributed by atoms with Crippen LogP contribution in [0.2, 0.25) is 0 Å². The summed E-state index contributed by atoms with van der Waals surface area (Å²) >= 11 is 0. The van der Waals surface area contributed by atoms with Gasteiger partial charge in [-0.3, -0.25) is 0 Å². The molecule has 0 bridgehead atoms. The van der Waals surface area contributed by atoms with Crippen molar-refractivity contribution in [1.82, 2.24) is 5.32 Å². The molecule has 0 aliphatic carbocycles. The topological polar surface area (TPSA) is 103 Å². The third-order valence-electron chi connectivity index (χ3n) is 3.56. The van der Waals surface area contributed by atoms with Crippen molar-refractivity contribution < 1.29 is 24.5 Å². The zero-order valence-corrected chi connectivity index (χ0v) is 15.7. The smallest absolute Gasteiger partial charge is 0.294 e. The molecular formula is C18H30N2O6. The van der Waals surface area contributed by atoms with Gasteiger partial charge in [0.1, 0.15) is 25.9 Å². The summed E-state index contributed by atoms with van der Waals surface area (Å²) in [5.41, 5.74) is 0. The van der Waals surface area contributed by atoms with Crippen LogP contribution in [-0.2, 0) is 4.84 Å². The van der Waals surface area contributed by atoms with E-state index in [0.717, 1.165) is 13.0 Å². The number of nitrogens with one attached hydrogen (secondary N) is 1. The van der Waals surface area contributed by atoms with Crippen LogP contribution in [0.15, 0.2) is 24.3 Å². The minimum absolute atomic E-state index is 0.0270. The average Bonchev–Trinajstić information content (AvgIpc) is 2.57. The normalized spacial score (nSPS) is 13.3. The van der Waals surface area contributed by atoms with Crippen molar-refractivity contribution in [1.29, 1.82) is 0 Å². The van der Waals surface area contributed by atoms with Crippen LogP contribution in [-0.4, -0.2) is 49.2 Å². The van der Waals surface area contributed by atoms with Crippen LogP contribution in [0.3, 0.4) is 0 Å². The van der Waals surface area contributed by atoms with E-state index in [9.17, 15) is 15.2 Å². The Morgan fingerprint density at radius 2 is 1.77 bits per heavy atom. The molecule has 2 N–H and O–H groups in total. The van der Waals surface area contributed by atoms with Gasteiger partial charge in [0.15, 0.2) is 11.5 Å². The maximum atomic E-state index is 10.1. The molecule has 0 amide bonds. The number of para-hydroxylation sites is 2. The first-order chi connectivity index (χ1) is 12.4. The van der Waals surface area contributed by atoms with Crippen molar-refractivity contribution in [3.63, 3.8) is 0 Å². The summed E-state index contributed by atoms with van der Waals surface area (Å²) in [6, 6.07) is 6.97. The molecule has 26 heavy (non-hydrogen) atoms. The van der Waals surface area contributed by atoms with Crippen molar-refractivity contribution in [2.24, 2.45) is 11.8 Å². The highest BCUT2D eigenvalue weighted by molar-refractivity contribution is 5.39. The number of rotatable bonds is 14. The highest BCUT2D eigenvalue weighted by Gasteiger charge is 2.10. The lowest BCUT2D eigenvalue weighted by atomic mass is 9.99. The van der Waals surface area contributed by atoms with Crippen molar-refractivity contribution in [3.05, 3.63) is 34.4 Å². The molecule has 0 aliphatic rings. The Balaban J connectivity index is 2.31. The van der Waals surface area contributed by atoms with Gasteiger partial charge in [0.05, 0.1) is 0 Å². The van der Waals surface area contributed by atoms with Gasteiger partial charge in [-0.15, -0.1) is 10.1 Å². The average molecular weight is 370 g/mol. The number of aliphatic hydroxyl groups excluding tert-OH is 1. The summed E-state index contributed by atoms with van der Waals surface area (Å²) < 4.78 is 11.0. The second-order valence-corrected chi connectivity index (χ2v) is 6.71. The Labute approximate surface area is 154 Å². The molecule has 1 aromatic carbocycles. The van der Waals surface area contributed by atoms with Crippen LogP contribution in [0.25, 0.3) is 0 Å². The zero-order valence-electron chi connectivity index (χ0n) is 15.7. The number of hydrogen-bond acceptors (Lipinski definition) is 7. The lowest BCUT2D eigenvalue weighted by Crippen LogP contribution is -2.34. The predicted octanol–water partition coefficient (Wildman–Crippen LogP) is 2.29. The van der Waals surface area contributed by atoms with Gasteiger partial charge in [-0.05, 0) is 36.9 Å². The van der Waals surface area contributed by atoms with E-state index in [4.69, 9.17) is 9.47 Å². The van der Waals surface area contributed by atoms with Gasteiger partial charge in [-0.25, -0.2) is 0 Å². The molecule has 1 rings (SSSR count). The summed E-state index contributed by atoms with van der Waals surface area (Å²) in [6.45, 7) is 7.86. The van der Waals surface area contributed by atoms with E-state index in [-0.39, 0.29) is 19.8 Å². The van der Waals surface area contributed by atoms with E-state index in [1.54, 1.807) is 24.3 Å². The first-order valence-corrected chi connectivity index (χ1v) is 8.89. The largest absolute Gasteiger partial charge is 0.488 e. The molecule has 0 saturated carbocycles. The van der Waals surface area contributed by atoms with Crippen LogP contribution in [0.4, 0.5) is 0 Å². The third kappa shape index (κ3) is 10.0. The molecule has 0 heterocycles. The summed E-state index contributed by atoms with van der Waals surface area (Å²) in [6.07, 6.45) is 0.497. The van der Waals surface area contributed by atoms with E-state index in [1.807, 2.05) is 0 Å². The molecule has 1 aromatic rings. The molecular weight excluding hydrogens is 340 g/mol. The van der Waals surface area contributed by atoms with Gasteiger partial charge in [0, 0.05) is 6.54 Å². The Morgan fingerprint density at radius 1 is 1.12 bits per heavy atom. The number of benzene rings is 1. The molecule has 0 fully saturated rings. The molecule has 8 nitrogen and oxygen atoms in total. The fourth-order valence-corrected chi connectivity index (χ4v) is 2.58. The number of nitrogens with zero attached hydrogens (tertiary/aromatic N) is 1. The monoisotopic (exact) mass is 370 g/mol. The van der Waals surface area contributed by atoms with Crippen molar-refractivity contribution in [2.75, 3.05) is 32.9 Å². The maximum Gasteiger partial charge on any atom is 0.294 e. The van der Waals surface area contributed by atoms with Crippen LogP contribution in [0.5, 0.6) is 11.5 Å². The second kappa shape index (κ2) is 12.3. The van der Waals surface area contributed by atoms with Crippen molar-refractivity contribution in [2.45, 2.75) is 33.3 Å². The molecule has 2 atom stereocenters. The molecule has 0 aliphatic heterocycles. The summed E-state index contributed by atoms with van der Waals surface area (Å²) in [5.74, 6) is 2.14. The number of hydrogen-bond donors (Lipinski definition) is 2. The van der Waals surface area contributed by atoms with Gasteiger partial charge >= 0.3 is 0 Å². The van der Waals surface area contributed by atoms with Gasteiger partial charge in [-0.2, -0.15) is 0 Å². The quantitative estimate of drug-likeness (QED) is 0.294. The molecule has 8 heteroatoms. The fraction of sp³-hybridized carbons (Fsp3) is 0.667. The molecule has 0 radical (unpaired) electrons. The highest BCUT2D eigenvalue weighted by Crippen LogP contribution is 2.26. The summed E-state index contributed by atoms with van der Waals surface area (Å²) in [4.78, 5) is 14.3. The summed E-state index contributed by atoms with van der Waals surface area (Å²) in [7, 11) is 0. The van der Waals surface area contributed by atoms with E-state index in [0.29, 0.717) is 29.9 Å². The fourth-order valence-electron chi connectivity index (χ4n) is 2.58. The van der Waals surface area contributed by atoms with Crippen LogP contribution in [0.1, 0.15) is 27.2 Å². The van der Waals surface area contributed by atoms with Gasteiger partial charge < -0.3 is 24.7 Å². The molecule has 148 valence electrons. The van der Waals surface area contributed by atoms with E-state index in [1.165, 1.54) is 0 Å². The van der Waals surface area contributed by atoms with Crippen LogP contribution in [0, 0.1) is 22.0 Å². The van der Waals surface area contributed by atoms with Gasteiger partial charge in [-0.1, -0.05) is 32.9 Å². The Kier molecular flexibility index (Phi) is 10.4. The predicted molar refractivity (Wildman–Crippen MR) is 97.9 cm³/mol. The van der Waals surface area contributed by atoms with Crippen molar-refractivity contribution >= 4 is 0 Å². The minimum atomic E-state index is -0.864. The minimum Gasteiger partial charge on any atom is -0.488 e. The first-order valence-electron chi connectivity index (χ1n) is 8.89. The maximum absolute atomic E-state index is 10.1. The zero-order chi connectivity index (χ0) is 19.4. The molecule has 0 aromatic heterocycles. The SMILES string of the molecule is CC(C)CC(C)CNCC(O)COc1ccccc1OCCO[N+](=O)[O-]. The lowest BCUT2D eigenvalue weighted by Gasteiger charge is -2.18. The molecule has 0 spiro atoms. The lowest BCUT2D eigenvalue weighted by molar-refractivity contribution is -0.757. The first kappa shape index (κ1) is 22.0. The van der Waals surface area contributed by atoms with Gasteiger partial charge in [0.25, 0.3) is 5.09 Å². The van der Waals surface area contributed by atoms with Crippen LogP contribution >= 0.6 is 0 Å². The number of aliphatic hydroxyl groups is 1. The van der Waals surface area contributed by atoms with Crippen molar-refractivity contribution in [3.8, 4) is 11.5 Å². The third-order valence-corrected chi connectivity index (χ3v) is 3.56. The molecule has 2 unspecified atom stereocenters. The standard InChI is InChI=1S/C18H30N2O6/c1-14(2)10-15(3)11-19-12-16(21)13-25-18-7-5-4-6-17(18)24-8-9-26-20(22)23/h4-7,14-16,19,21H,8-13H2,1-3H3. The highest BCUT2D eigenvalue weighted by atomic mass is 17.0. The van der Waals surface area contributed by atoms with E-state index < -0.39 is 11.2 Å². The Hall–Kier alpha value is -2.06. The second-order valence-electron chi connectivity index (χ2n) is 6.71. The molecule has 0 saturated heterocycles. The summed E-state index contributed by atoms with van der Waals surface area (Å²) in [5, 5.41) is 22.5. The number of ether oxygens (including phenoxy) is 2. The Morgan fingerprint density at radius 3 is 2.38 bits per heavy atom. The Bertz CT molecular complexity index is 526. The van der Waals surface area contributed by atoms with Gasteiger partial charge in [0.2, 0.25) is 0 Å².